The SMILES string of the molecule is Cc1nc2ccc(-c3cccc4c(-c5c(-c6ccccc6)ccc(-c6ccc7c(c6)nc(-c6ccccc6)n7-c6cccc7c(-c8c(-c9ccccc9)cccc8-c8ccccc8)c8cccc(-n9c(-c%10ccccc%10)nc%10ccccc%109)c8cc67)c5-c5ccccc5)c5cccc(-c6ccc7nc(C)n(C)c7c6)c5cc34)cc2n1C. The average Bonchev–Trinajstić information content (AvgIpc) is 1.54. The van der Waals surface area contributed by atoms with Crippen molar-refractivity contribution in [3.05, 3.63) is 388 Å². The highest BCUT2D eigenvalue weighted by Gasteiger charge is 2.29. The fraction of sp³-hybridized carbons (Fsp3) is 0.0370. The molecule has 0 amide bonds. The summed E-state index contributed by atoms with van der Waals surface area (Å²) in [6, 6.07) is 138. The molecule has 22 rings (SSSR count). The number of aryl methyl sites for hydroxylation is 4. The van der Waals surface area contributed by atoms with Crippen LogP contribution in [0.5, 0.6) is 0 Å². The smallest absolute Gasteiger partial charge is 0.145 e. The van der Waals surface area contributed by atoms with E-state index in [0.29, 0.717) is 0 Å². The van der Waals surface area contributed by atoms with Crippen molar-refractivity contribution < 1.29 is 0 Å². The third kappa shape index (κ3) is 11.0. The van der Waals surface area contributed by atoms with Crippen LogP contribution < -0.4 is 0 Å². The van der Waals surface area contributed by atoms with Crippen molar-refractivity contribution in [2.24, 2.45) is 14.1 Å². The van der Waals surface area contributed by atoms with Crippen LogP contribution >= 0.6 is 0 Å². The van der Waals surface area contributed by atoms with Crippen molar-refractivity contribution >= 4 is 87.2 Å². The highest BCUT2D eigenvalue weighted by molar-refractivity contribution is 6.24. The van der Waals surface area contributed by atoms with Gasteiger partial charge in [-0.25, -0.2) is 19.9 Å². The first-order chi connectivity index (χ1) is 57.2. The van der Waals surface area contributed by atoms with Gasteiger partial charge >= 0.3 is 0 Å². The predicted octanol–water partition coefficient (Wildman–Crippen LogP) is 27.7. The molecule has 0 N–H and O–H groups in total. The summed E-state index contributed by atoms with van der Waals surface area (Å²) in [4.78, 5) is 21.3. The van der Waals surface area contributed by atoms with Crippen LogP contribution in [0.1, 0.15) is 11.6 Å². The van der Waals surface area contributed by atoms with Gasteiger partial charge in [-0.15, -0.1) is 0 Å². The summed E-state index contributed by atoms with van der Waals surface area (Å²) in [5.41, 5.74) is 32.2. The summed E-state index contributed by atoms with van der Waals surface area (Å²) in [5.74, 6) is 3.64. The largest absolute Gasteiger partial charge is 0.331 e. The molecule has 8 heteroatoms. The van der Waals surface area contributed by atoms with Crippen LogP contribution in [0.2, 0.25) is 0 Å². The van der Waals surface area contributed by atoms with E-state index in [1.807, 2.05) is 0 Å². The Kier molecular flexibility index (Phi) is 16.0. The maximum absolute atomic E-state index is 5.94. The Hall–Kier alpha value is -15.1. The molecule has 0 bridgehead atoms. The molecule has 0 aliphatic rings. The molecule has 0 unspecified atom stereocenters. The summed E-state index contributed by atoms with van der Waals surface area (Å²) >= 11 is 0. The number of para-hydroxylation sites is 2. The van der Waals surface area contributed by atoms with Gasteiger partial charge in [0.1, 0.15) is 23.3 Å². The van der Waals surface area contributed by atoms with E-state index in [-0.39, 0.29) is 0 Å². The molecule has 0 aliphatic heterocycles. The van der Waals surface area contributed by atoms with Gasteiger partial charge in [0.05, 0.1) is 55.5 Å². The highest BCUT2D eigenvalue weighted by atomic mass is 15.1. The number of nitrogens with zero attached hydrogens (tertiary/aromatic N) is 8. The molecule has 8 nitrogen and oxygen atoms in total. The van der Waals surface area contributed by atoms with Crippen LogP contribution in [-0.4, -0.2) is 38.2 Å². The molecule has 4 heterocycles. The number of aromatic nitrogens is 8. The monoisotopic (exact) mass is 1480 g/mol. The summed E-state index contributed by atoms with van der Waals surface area (Å²) in [6.07, 6.45) is 0. The molecule has 116 heavy (non-hydrogen) atoms. The molecule has 0 fully saturated rings. The summed E-state index contributed by atoms with van der Waals surface area (Å²) in [5, 5.41) is 8.96. The molecule has 0 spiro atoms. The molecule has 4 aromatic heterocycles. The van der Waals surface area contributed by atoms with Gasteiger partial charge in [0.2, 0.25) is 0 Å². The van der Waals surface area contributed by atoms with E-state index in [2.05, 4.69) is 422 Å². The Bertz CT molecular complexity index is 7500. The molecule has 0 radical (unpaired) electrons. The van der Waals surface area contributed by atoms with Crippen molar-refractivity contribution in [3.63, 3.8) is 0 Å². The number of fused-ring (bicyclic) bond motifs is 8. The Labute approximate surface area is 671 Å². The molecule has 0 saturated heterocycles. The van der Waals surface area contributed by atoms with E-state index in [0.717, 1.165) is 233 Å². The quantitative estimate of drug-likeness (QED) is 0.108. The number of benzene rings is 18. The van der Waals surface area contributed by atoms with Gasteiger partial charge in [-0.1, -0.05) is 303 Å². The van der Waals surface area contributed by atoms with Crippen LogP contribution in [0.4, 0.5) is 0 Å². The first-order valence-electron chi connectivity index (χ1n) is 39.7. The fourth-order valence-corrected chi connectivity index (χ4v) is 18.4. The maximum atomic E-state index is 5.94. The van der Waals surface area contributed by atoms with Gasteiger partial charge in [0.15, 0.2) is 0 Å². The summed E-state index contributed by atoms with van der Waals surface area (Å²) in [7, 11) is 4.23. The number of imidazole rings is 4. The minimum Gasteiger partial charge on any atom is -0.331 e. The lowest BCUT2D eigenvalue weighted by Crippen LogP contribution is -2.02. The van der Waals surface area contributed by atoms with E-state index in [9.17, 15) is 0 Å². The average molecular weight is 1480 g/mol. The maximum Gasteiger partial charge on any atom is 0.145 e. The van der Waals surface area contributed by atoms with Crippen molar-refractivity contribution in [3.8, 4) is 134 Å². The summed E-state index contributed by atoms with van der Waals surface area (Å²) in [6.45, 7) is 4.16. The third-order valence-corrected chi connectivity index (χ3v) is 24.0. The van der Waals surface area contributed by atoms with Crippen LogP contribution in [0, 0.1) is 13.8 Å². The van der Waals surface area contributed by atoms with Gasteiger partial charge in [-0.3, -0.25) is 9.13 Å². The third-order valence-electron chi connectivity index (χ3n) is 24.0. The van der Waals surface area contributed by atoms with E-state index in [1.165, 1.54) is 0 Å². The lowest BCUT2D eigenvalue weighted by Gasteiger charge is -2.24. The predicted molar refractivity (Wildman–Crippen MR) is 484 cm³/mol. The second-order valence-electron chi connectivity index (χ2n) is 30.5. The molecular weight excluding hydrogens is 1410 g/mol. The normalized spacial score (nSPS) is 11.8. The zero-order chi connectivity index (χ0) is 77.2. The zero-order valence-electron chi connectivity index (χ0n) is 64.4. The van der Waals surface area contributed by atoms with E-state index in [4.69, 9.17) is 19.9 Å². The van der Waals surface area contributed by atoms with Gasteiger partial charge in [0.25, 0.3) is 0 Å². The van der Waals surface area contributed by atoms with Gasteiger partial charge < -0.3 is 9.13 Å². The summed E-state index contributed by atoms with van der Waals surface area (Å²) < 4.78 is 9.21. The number of hydrogen-bond donors (Lipinski definition) is 0. The molecule has 0 aliphatic carbocycles. The lowest BCUT2D eigenvalue weighted by molar-refractivity contribution is 0.886. The van der Waals surface area contributed by atoms with Gasteiger partial charge in [-0.2, -0.15) is 0 Å². The van der Waals surface area contributed by atoms with Crippen molar-refractivity contribution in [2.75, 3.05) is 0 Å². The molecule has 546 valence electrons. The first-order valence-corrected chi connectivity index (χ1v) is 39.7. The Balaban J connectivity index is 0.830. The molecular formula is C108H74N8. The van der Waals surface area contributed by atoms with Crippen LogP contribution in [0.25, 0.3) is 222 Å². The van der Waals surface area contributed by atoms with Crippen molar-refractivity contribution in [1.82, 2.24) is 38.2 Å². The Morgan fingerprint density at radius 2 is 0.534 bits per heavy atom. The molecule has 22 aromatic rings. The second kappa shape index (κ2) is 27.4. The Morgan fingerprint density at radius 3 is 1.03 bits per heavy atom. The topological polar surface area (TPSA) is 71.3 Å². The Morgan fingerprint density at radius 1 is 0.190 bits per heavy atom. The van der Waals surface area contributed by atoms with E-state index < -0.39 is 0 Å². The van der Waals surface area contributed by atoms with Crippen molar-refractivity contribution in [1.29, 1.82) is 0 Å². The zero-order valence-corrected chi connectivity index (χ0v) is 64.4. The standard InChI is InChI=1S/C108H74N8/c1-67-109-93-59-54-76(63-100(93)113(67)3)78-42-25-46-84-88(78)65-89-79(77-55-60-94-101(64-77)114(4)68(2)110-94)43-26-47-85(89)105(84)106-82(71-34-15-7-16-35-71)57-58-83(102(106)72-36-17-8-18-37-72)75-56-61-99-95(62-75)112-108(74-40-21-10-22-41-74)116(99)97-53-29-49-87-91(97)66-90-86(48-28-52-96(90)115-98-51-24-23-50-92(98)111-107(115)73-38-19-9-20-39-73)104(87)103-80(69-30-11-5-12-31-69)44-27-45-81(103)70-32-13-6-14-33-70/h5-66H,1-4H3. The van der Waals surface area contributed by atoms with Crippen LogP contribution in [0.15, 0.2) is 376 Å². The van der Waals surface area contributed by atoms with E-state index in [1.54, 1.807) is 0 Å². The number of hydrogen-bond acceptors (Lipinski definition) is 4. The minimum atomic E-state index is 0.828. The molecule has 0 atom stereocenters. The fourth-order valence-electron chi connectivity index (χ4n) is 18.4. The number of rotatable bonds is 13. The molecule has 0 saturated carbocycles. The molecule has 18 aromatic carbocycles. The van der Waals surface area contributed by atoms with E-state index >= 15 is 0 Å². The highest BCUT2D eigenvalue weighted by Crippen LogP contribution is 2.54. The second-order valence-corrected chi connectivity index (χ2v) is 30.5. The minimum absolute atomic E-state index is 0.828. The van der Waals surface area contributed by atoms with Gasteiger partial charge in [-0.05, 0) is 219 Å². The van der Waals surface area contributed by atoms with Gasteiger partial charge in [0, 0.05) is 36.0 Å². The first kappa shape index (κ1) is 67.7. The lowest BCUT2D eigenvalue weighted by atomic mass is 9.79. The van der Waals surface area contributed by atoms with Crippen LogP contribution in [-0.2, 0) is 14.1 Å². The van der Waals surface area contributed by atoms with Crippen molar-refractivity contribution in [2.45, 2.75) is 13.8 Å². The van der Waals surface area contributed by atoms with Crippen LogP contribution in [0.3, 0.4) is 0 Å².